The molecule has 0 aliphatic carbocycles. The number of benzene rings is 4. The number of hydrazone groups is 1. The van der Waals surface area contributed by atoms with Crippen LogP contribution in [0.4, 0.5) is 0 Å². The molecule has 0 saturated heterocycles. The number of hydrogen-bond donors (Lipinski definition) is 2. The first kappa shape index (κ1) is 34.3. The maximum Gasteiger partial charge on any atom is 0.264 e. The van der Waals surface area contributed by atoms with E-state index in [1.165, 1.54) is 29.3 Å². The summed E-state index contributed by atoms with van der Waals surface area (Å²) in [6.07, 6.45) is 0. The Hall–Kier alpha value is -4.09. The second-order valence-electron chi connectivity index (χ2n) is 11.1. The Morgan fingerprint density at radius 3 is 2.09 bits per heavy atom. The Morgan fingerprint density at radius 1 is 0.894 bits per heavy atom. The van der Waals surface area contributed by atoms with Gasteiger partial charge in [-0.2, -0.15) is 5.10 Å². The molecule has 5 rings (SSSR count). The predicted molar refractivity (Wildman–Crippen MR) is 187 cm³/mol. The molecule has 0 aromatic heterocycles. The summed E-state index contributed by atoms with van der Waals surface area (Å²) in [7, 11) is -4.08. The number of aliphatic imine (C=N–C) groups is 1. The highest BCUT2D eigenvalue weighted by Crippen LogP contribution is 2.30. The molecule has 4 aromatic carbocycles. The zero-order valence-corrected chi connectivity index (χ0v) is 28.6. The first-order valence-corrected chi connectivity index (χ1v) is 17.3. The molecular weight excluding hydrogens is 681 g/mol. The van der Waals surface area contributed by atoms with Crippen molar-refractivity contribution in [3.8, 4) is 5.75 Å². The molecule has 1 atom stereocenters. The number of amides is 1. The van der Waals surface area contributed by atoms with E-state index >= 15 is 0 Å². The van der Waals surface area contributed by atoms with Crippen LogP contribution in [0.25, 0.3) is 0 Å². The molecule has 1 unspecified atom stereocenters. The lowest BCUT2D eigenvalue weighted by Crippen LogP contribution is -2.47. The predicted octanol–water partition coefficient (Wildman–Crippen LogP) is 6.76. The summed E-state index contributed by atoms with van der Waals surface area (Å²) in [5, 5.41) is 10.7. The maximum absolute atomic E-state index is 13.5. The maximum atomic E-state index is 13.5. The third kappa shape index (κ3) is 8.84. The van der Waals surface area contributed by atoms with E-state index in [0.29, 0.717) is 27.4 Å². The van der Waals surface area contributed by atoms with Crippen LogP contribution in [0.2, 0.25) is 15.1 Å². The summed E-state index contributed by atoms with van der Waals surface area (Å²) in [6, 6.07) is 29.6. The zero-order chi connectivity index (χ0) is 33.6. The first-order valence-electron chi connectivity index (χ1n) is 14.6. The molecular formula is C34H32Cl3N5O4S. The van der Waals surface area contributed by atoms with Crippen molar-refractivity contribution >= 4 is 62.4 Å². The number of nitrogens with zero attached hydrogens (tertiary/aromatic N) is 3. The number of halogens is 3. The number of guanidine groups is 1. The Labute approximate surface area is 289 Å². The fraction of sp³-hybridized carbons (Fsp3) is 0.206. The Kier molecular flexibility index (Phi) is 10.8. The highest BCUT2D eigenvalue weighted by molar-refractivity contribution is 7.90. The quantitative estimate of drug-likeness (QED) is 0.107. The monoisotopic (exact) mass is 711 g/mol. The van der Waals surface area contributed by atoms with Gasteiger partial charge in [-0.1, -0.05) is 77.3 Å². The van der Waals surface area contributed by atoms with Crippen LogP contribution < -0.4 is 14.8 Å². The molecule has 9 nitrogen and oxygen atoms in total. The van der Waals surface area contributed by atoms with Gasteiger partial charge in [-0.25, -0.2) is 23.1 Å². The van der Waals surface area contributed by atoms with Crippen molar-refractivity contribution in [2.45, 2.75) is 30.3 Å². The van der Waals surface area contributed by atoms with Crippen molar-refractivity contribution in [1.82, 2.24) is 15.0 Å². The number of nitrogens with one attached hydrogen (secondary N) is 2. The van der Waals surface area contributed by atoms with E-state index in [-0.39, 0.29) is 35.8 Å². The minimum absolute atomic E-state index is 0.00392. The average molecular weight is 713 g/mol. The molecule has 244 valence electrons. The number of ether oxygens (including phenoxy) is 1. The second-order valence-corrected chi connectivity index (χ2v) is 14.1. The van der Waals surface area contributed by atoms with Gasteiger partial charge in [-0.05, 0) is 85.6 Å². The van der Waals surface area contributed by atoms with E-state index in [9.17, 15) is 13.2 Å². The standard InChI is InChI=1S/C34H32Cl3N5O4S/c1-34(2,46-28-16-12-26(36)13-17-28)32(43)38-20-21-39-33(41-47(44,45)29-18-14-27(37)15-19-29)42-22-30(23-6-4-3-5-7-23)31(40-42)24-8-10-25(35)11-9-24/h3-19,30H,20-22H2,1-2H3,(H,38,43)(H,39,41). The summed E-state index contributed by atoms with van der Waals surface area (Å²) in [5.41, 5.74) is 1.35. The van der Waals surface area contributed by atoms with Gasteiger partial charge >= 0.3 is 0 Å². The number of carbonyl (C=O) groups is 1. The lowest BCUT2D eigenvalue weighted by Gasteiger charge is -2.25. The highest BCUT2D eigenvalue weighted by Gasteiger charge is 2.33. The summed E-state index contributed by atoms with van der Waals surface area (Å²) in [6.45, 7) is 3.74. The van der Waals surface area contributed by atoms with Crippen molar-refractivity contribution in [2.24, 2.45) is 10.1 Å². The van der Waals surface area contributed by atoms with Crippen LogP contribution in [0.1, 0.15) is 30.9 Å². The molecule has 0 bridgehead atoms. The smallest absolute Gasteiger partial charge is 0.264 e. The molecule has 1 aliphatic heterocycles. The van der Waals surface area contributed by atoms with Gasteiger partial charge in [0.05, 0.1) is 23.7 Å². The number of sulfonamides is 1. The van der Waals surface area contributed by atoms with Crippen LogP contribution in [0, 0.1) is 0 Å². The summed E-state index contributed by atoms with van der Waals surface area (Å²) in [4.78, 5) is 17.6. The van der Waals surface area contributed by atoms with Crippen LogP contribution in [0.15, 0.2) is 118 Å². The first-order chi connectivity index (χ1) is 22.4. The fourth-order valence-electron chi connectivity index (χ4n) is 4.81. The Morgan fingerprint density at radius 2 is 1.47 bits per heavy atom. The van der Waals surface area contributed by atoms with Crippen molar-refractivity contribution < 1.29 is 17.9 Å². The fourth-order valence-corrected chi connectivity index (χ4v) is 6.21. The van der Waals surface area contributed by atoms with Crippen LogP contribution in [-0.4, -0.2) is 56.2 Å². The largest absolute Gasteiger partial charge is 0.478 e. The van der Waals surface area contributed by atoms with E-state index in [2.05, 4.69) is 15.0 Å². The minimum atomic E-state index is -4.08. The van der Waals surface area contributed by atoms with Gasteiger partial charge in [-0.3, -0.25) is 4.79 Å². The van der Waals surface area contributed by atoms with Gasteiger partial charge in [0.1, 0.15) is 5.75 Å². The number of hydrogen-bond acceptors (Lipinski definition) is 6. The SMILES string of the molecule is CC(C)(Oc1ccc(Cl)cc1)C(=O)NCCN=C(NS(=O)(=O)c1ccc(Cl)cc1)N1CC(c2ccccc2)C(c2ccc(Cl)cc2)=N1. The lowest BCUT2D eigenvalue weighted by molar-refractivity contribution is -0.134. The van der Waals surface area contributed by atoms with E-state index in [1.54, 1.807) is 50.2 Å². The van der Waals surface area contributed by atoms with Gasteiger partial charge in [-0.15, -0.1) is 0 Å². The molecule has 2 N–H and O–H groups in total. The molecule has 1 amide bonds. The molecule has 0 radical (unpaired) electrons. The summed E-state index contributed by atoms with van der Waals surface area (Å²) >= 11 is 18.1. The van der Waals surface area contributed by atoms with E-state index in [4.69, 9.17) is 44.6 Å². The van der Waals surface area contributed by atoms with Crippen molar-refractivity contribution in [1.29, 1.82) is 0 Å². The van der Waals surface area contributed by atoms with Gasteiger partial charge in [0.25, 0.3) is 15.9 Å². The topological polar surface area (TPSA) is 112 Å². The Balaban J connectivity index is 1.40. The van der Waals surface area contributed by atoms with Crippen molar-refractivity contribution in [3.05, 3.63) is 129 Å². The third-order valence-electron chi connectivity index (χ3n) is 7.24. The molecule has 13 heteroatoms. The zero-order valence-electron chi connectivity index (χ0n) is 25.5. The van der Waals surface area contributed by atoms with Crippen LogP contribution in [0.5, 0.6) is 5.75 Å². The van der Waals surface area contributed by atoms with Crippen molar-refractivity contribution in [2.75, 3.05) is 19.6 Å². The number of carbonyl (C=O) groups excluding carboxylic acids is 1. The highest BCUT2D eigenvalue weighted by atomic mass is 35.5. The van der Waals surface area contributed by atoms with Gasteiger partial charge < -0.3 is 10.1 Å². The molecule has 4 aromatic rings. The van der Waals surface area contributed by atoms with Gasteiger partial charge in [0.15, 0.2) is 5.60 Å². The van der Waals surface area contributed by atoms with E-state index in [0.717, 1.165) is 16.8 Å². The molecule has 0 spiro atoms. The molecule has 0 saturated carbocycles. The molecule has 0 fully saturated rings. The van der Waals surface area contributed by atoms with Crippen LogP contribution in [-0.2, 0) is 14.8 Å². The molecule has 47 heavy (non-hydrogen) atoms. The molecule has 1 heterocycles. The van der Waals surface area contributed by atoms with Gasteiger partial charge in [0, 0.05) is 27.5 Å². The normalized spacial score (nSPS) is 15.3. The van der Waals surface area contributed by atoms with Crippen LogP contribution in [0.3, 0.4) is 0 Å². The number of rotatable bonds is 10. The van der Waals surface area contributed by atoms with E-state index in [1.807, 2.05) is 42.5 Å². The van der Waals surface area contributed by atoms with Crippen LogP contribution >= 0.6 is 34.8 Å². The average Bonchev–Trinajstić information content (AvgIpc) is 3.50. The lowest BCUT2D eigenvalue weighted by atomic mass is 9.91. The van der Waals surface area contributed by atoms with Gasteiger partial charge in [0.2, 0.25) is 5.96 Å². The molecule has 1 aliphatic rings. The van der Waals surface area contributed by atoms with E-state index < -0.39 is 15.6 Å². The third-order valence-corrected chi connectivity index (χ3v) is 9.34. The Bertz CT molecular complexity index is 1870. The second kappa shape index (κ2) is 14.8. The van der Waals surface area contributed by atoms with Crippen molar-refractivity contribution in [3.63, 3.8) is 0 Å². The summed E-state index contributed by atoms with van der Waals surface area (Å²) in [5.74, 6) is -0.0916. The summed E-state index contributed by atoms with van der Waals surface area (Å²) < 4.78 is 35.5. The minimum Gasteiger partial charge on any atom is -0.478 e.